The number of fused-ring (bicyclic) bond motifs is 2. The van der Waals surface area contributed by atoms with E-state index in [1.165, 1.54) is 27.2 Å². The van der Waals surface area contributed by atoms with Gasteiger partial charge in [-0.15, -0.1) is 16.4 Å². The fraction of sp³-hybridized carbons (Fsp3) is 0.395. The topological polar surface area (TPSA) is 165 Å². The van der Waals surface area contributed by atoms with Gasteiger partial charge in [0.1, 0.15) is 5.82 Å². The number of carbonyl (C=O) groups excluding carboxylic acids is 4. The molecule has 5 aliphatic rings. The van der Waals surface area contributed by atoms with Crippen molar-refractivity contribution < 1.29 is 32.3 Å². The number of benzene rings is 2. The number of piperazine rings is 1. The molecule has 63 heavy (non-hydrogen) atoms. The number of urea groups is 1. The van der Waals surface area contributed by atoms with Crippen molar-refractivity contribution in [2.75, 3.05) is 60.9 Å². The molecule has 5 aromatic rings. The summed E-state index contributed by atoms with van der Waals surface area (Å²) in [7, 11) is 0. The zero-order valence-electron chi connectivity index (χ0n) is 34.1. The zero-order chi connectivity index (χ0) is 43.4. The number of aryl methyl sites for hydroxylation is 1. The van der Waals surface area contributed by atoms with Crippen molar-refractivity contribution in [2.24, 2.45) is 0 Å². The van der Waals surface area contributed by atoms with Gasteiger partial charge in [0.05, 0.1) is 36.8 Å². The van der Waals surface area contributed by atoms with Crippen LogP contribution in [-0.4, -0.2) is 121 Å². The van der Waals surface area contributed by atoms with Gasteiger partial charge >= 0.3 is 6.03 Å². The van der Waals surface area contributed by atoms with E-state index in [1.54, 1.807) is 65.3 Å². The molecule has 20 heteroatoms. The third kappa shape index (κ3) is 7.90. The molecule has 5 aliphatic heterocycles. The minimum Gasteiger partial charge on any atom is -0.365 e. The number of thiazole rings is 1. The Morgan fingerprint density at radius 1 is 0.937 bits per heavy atom. The first-order valence-corrected chi connectivity index (χ1v) is 21.9. The van der Waals surface area contributed by atoms with Crippen LogP contribution >= 0.6 is 11.3 Å². The maximum atomic E-state index is 15.9. The van der Waals surface area contributed by atoms with Crippen LogP contribution in [0.1, 0.15) is 58.3 Å². The van der Waals surface area contributed by atoms with Crippen molar-refractivity contribution in [3.63, 3.8) is 0 Å². The third-order valence-corrected chi connectivity index (χ3v) is 13.4. The van der Waals surface area contributed by atoms with Crippen LogP contribution in [0.5, 0.6) is 0 Å². The molecule has 2 aromatic carbocycles. The Bertz CT molecular complexity index is 2570. The van der Waals surface area contributed by atoms with E-state index in [9.17, 15) is 19.2 Å². The largest absolute Gasteiger partial charge is 0.365 e. The summed E-state index contributed by atoms with van der Waals surface area (Å²) in [5.74, 6) is -4.49. The van der Waals surface area contributed by atoms with Crippen LogP contribution in [0.2, 0.25) is 0 Å². The lowest BCUT2D eigenvalue weighted by Crippen LogP contribution is -2.61. The standard InChI is InChI=1S/C43H43F3N12O4S/c44-32-21-27(20-30-31(32)23-58(40(30)61)38(39(60)50-41-47-11-19-63-41)37-33-2-1-12-56(33)25-48-37)26-3-6-29(7-4-26)55-13-9-34(43(45,46)24-55)54-17-15-53(16-18-54)22-28-5-8-35(52-51-28)57-14-10-36(59)49-42(57)62/h3-8,11,19-21,25,34,38H,1-2,9-10,12-18,22-24H2,(H,47,50,60)(H,49,59,62). The number of imide groups is 1. The molecule has 2 unspecified atom stereocenters. The Hall–Kier alpha value is -6.25. The van der Waals surface area contributed by atoms with E-state index in [1.807, 2.05) is 9.47 Å². The van der Waals surface area contributed by atoms with Crippen molar-refractivity contribution in [3.8, 4) is 11.1 Å². The van der Waals surface area contributed by atoms with Gasteiger partial charge < -0.3 is 14.4 Å². The van der Waals surface area contributed by atoms with E-state index < -0.39 is 48.2 Å². The number of halogens is 3. The number of alkyl halides is 2. The highest BCUT2D eigenvalue weighted by atomic mass is 32.1. The zero-order valence-corrected chi connectivity index (χ0v) is 34.9. The van der Waals surface area contributed by atoms with Gasteiger partial charge in [-0.1, -0.05) is 12.1 Å². The summed E-state index contributed by atoms with van der Waals surface area (Å²) in [6, 6.07) is 10.9. The van der Waals surface area contributed by atoms with Gasteiger partial charge in [-0.25, -0.2) is 27.9 Å². The lowest BCUT2D eigenvalue weighted by atomic mass is 9.96. The van der Waals surface area contributed by atoms with Crippen LogP contribution in [0, 0.1) is 5.82 Å². The average molecular weight is 881 g/mol. The van der Waals surface area contributed by atoms with E-state index in [-0.39, 0.29) is 43.0 Å². The van der Waals surface area contributed by atoms with Crippen LogP contribution < -0.4 is 20.4 Å². The quantitative estimate of drug-likeness (QED) is 0.200. The Labute approximate surface area is 363 Å². The highest BCUT2D eigenvalue weighted by Gasteiger charge is 2.48. The molecule has 2 N–H and O–H groups in total. The second-order valence-corrected chi connectivity index (χ2v) is 17.4. The van der Waals surface area contributed by atoms with Crippen LogP contribution in [-0.2, 0) is 35.6 Å². The number of rotatable bonds is 10. The van der Waals surface area contributed by atoms with Crippen molar-refractivity contribution in [3.05, 3.63) is 100 Å². The first-order chi connectivity index (χ1) is 30.5. The first-order valence-electron chi connectivity index (χ1n) is 21.0. The van der Waals surface area contributed by atoms with Crippen molar-refractivity contribution in [1.29, 1.82) is 0 Å². The summed E-state index contributed by atoms with van der Waals surface area (Å²) < 4.78 is 49.8. The summed E-state index contributed by atoms with van der Waals surface area (Å²) in [6.45, 7) is 3.48. The summed E-state index contributed by atoms with van der Waals surface area (Å²) >= 11 is 1.25. The smallest absolute Gasteiger partial charge is 0.329 e. The molecule has 0 spiro atoms. The molecule has 0 aliphatic carbocycles. The van der Waals surface area contributed by atoms with E-state index >= 15 is 13.2 Å². The molecule has 5 amide bonds. The van der Waals surface area contributed by atoms with Gasteiger partial charge in [-0.2, -0.15) is 5.10 Å². The minimum atomic E-state index is -2.98. The van der Waals surface area contributed by atoms with Gasteiger partial charge in [0.25, 0.3) is 17.7 Å². The van der Waals surface area contributed by atoms with E-state index in [0.717, 1.165) is 18.7 Å². The fourth-order valence-corrected chi connectivity index (χ4v) is 9.99. The van der Waals surface area contributed by atoms with Gasteiger partial charge in [0, 0.05) is 92.9 Å². The van der Waals surface area contributed by atoms with Crippen molar-refractivity contribution in [1.82, 2.24) is 44.7 Å². The number of aromatic nitrogens is 5. The molecule has 2 atom stereocenters. The van der Waals surface area contributed by atoms with E-state index in [4.69, 9.17) is 0 Å². The lowest BCUT2D eigenvalue weighted by Gasteiger charge is -2.46. The second kappa shape index (κ2) is 16.5. The summed E-state index contributed by atoms with van der Waals surface area (Å²) in [4.78, 5) is 68.7. The average Bonchev–Trinajstić information content (AvgIpc) is 4.10. The Morgan fingerprint density at radius 3 is 2.49 bits per heavy atom. The maximum Gasteiger partial charge on any atom is 0.329 e. The summed E-state index contributed by atoms with van der Waals surface area (Å²) in [5, 5.41) is 15.6. The SMILES string of the molecule is O=C1CCN(c2ccc(CN3CCN(C4CCN(c5ccc(-c6cc(F)c7c(c6)C(=O)N(C(C(=O)Nc6nccs6)c6ncn8c6CCC8)C7)cc5)CC4(F)F)CC3)nn2)C(=O)N1. The van der Waals surface area contributed by atoms with Crippen LogP contribution in [0.3, 0.4) is 0 Å². The predicted octanol–water partition coefficient (Wildman–Crippen LogP) is 4.70. The van der Waals surface area contributed by atoms with Gasteiger partial charge in [-0.3, -0.25) is 39.7 Å². The summed E-state index contributed by atoms with van der Waals surface area (Å²) in [5.41, 5.74) is 4.08. The number of amides is 5. The van der Waals surface area contributed by atoms with Gasteiger partial charge in [-0.05, 0) is 66.8 Å². The number of piperidine rings is 1. The molecule has 3 aromatic heterocycles. The molecule has 16 nitrogen and oxygen atoms in total. The monoisotopic (exact) mass is 880 g/mol. The Kier molecular flexibility index (Phi) is 10.7. The number of nitrogens with one attached hydrogen (secondary N) is 2. The van der Waals surface area contributed by atoms with Crippen LogP contribution in [0.4, 0.5) is 34.6 Å². The molecule has 0 bridgehead atoms. The van der Waals surface area contributed by atoms with Gasteiger partial charge in [0.2, 0.25) is 5.91 Å². The summed E-state index contributed by atoms with van der Waals surface area (Å²) in [6.07, 6.45) is 5.31. The fourth-order valence-electron chi connectivity index (χ4n) is 9.45. The molecule has 0 saturated carbocycles. The molecule has 10 rings (SSSR count). The minimum absolute atomic E-state index is 0.112. The van der Waals surface area contributed by atoms with Crippen molar-refractivity contribution in [2.45, 2.75) is 63.3 Å². The highest BCUT2D eigenvalue weighted by Crippen LogP contribution is 2.39. The third-order valence-electron chi connectivity index (χ3n) is 12.7. The lowest BCUT2D eigenvalue weighted by molar-refractivity contribution is -0.121. The number of hydrogen-bond acceptors (Lipinski definition) is 12. The second-order valence-electron chi connectivity index (χ2n) is 16.5. The molecule has 3 fully saturated rings. The van der Waals surface area contributed by atoms with Crippen molar-refractivity contribution >= 4 is 51.7 Å². The first kappa shape index (κ1) is 40.8. The molecular formula is C43H43F3N12O4S. The molecule has 3 saturated heterocycles. The maximum absolute atomic E-state index is 15.9. The molecule has 8 heterocycles. The number of nitrogens with zero attached hydrogens (tertiary/aromatic N) is 10. The molecule has 326 valence electrons. The van der Waals surface area contributed by atoms with Crippen LogP contribution in [0.25, 0.3) is 11.1 Å². The number of imidazole rings is 1. The van der Waals surface area contributed by atoms with E-state index in [2.05, 4.69) is 35.7 Å². The number of carbonyl (C=O) groups is 4. The van der Waals surface area contributed by atoms with Crippen LogP contribution in [0.15, 0.2) is 66.4 Å². The Balaban J connectivity index is 0.768. The predicted molar refractivity (Wildman–Crippen MR) is 226 cm³/mol. The molecule has 0 radical (unpaired) electrons. The highest BCUT2D eigenvalue weighted by molar-refractivity contribution is 7.13. The normalized spacial score (nSPS) is 20.8. The van der Waals surface area contributed by atoms with E-state index in [0.29, 0.717) is 84.8 Å². The van der Waals surface area contributed by atoms with Gasteiger partial charge in [0.15, 0.2) is 17.0 Å². The number of anilines is 3. The number of hydrogen-bond donors (Lipinski definition) is 2. The Morgan fingerprint density at radius 2 is 1.76 bits per heavy atom. The molecular weight excluding hydrogens is 838 g/mol.